The minimum atomic E-state index is -3.35. The average molecular weight is 530 g/mol. The van der Waals surface area contributed by atoms with Crippen molar-refractivity contribution in [2.45, 2.75) is 45.6 Å². The van der Waals surface area contributed by atoms with Gasteiger partial charge in [-0.1, -0.05) is 6.92 Å². The van der Waals surface area contributed by atoms with E-state index in [1.165, 1.54) is 44.2 Å². The summed E-state index contributed by atoms with van der Waals surface area (Å²) in [5.74, 6) is -4.80. The van der Waals surface area contributed by atoms with Crippen LogP contribution in [0.25, 0.3) is 5.65 Å². The van der Waals surface area contributed by atoms with Gasteiger partial charge in [-0.25, -0.2) is 18.2 Å². The molecule has 8 nitrogen and oxygen atoms in total. The summed E-state index contributed by atoms with van der Waals surface area (Å²) in [6.07, 6.45) is 1.64. The number of nitriles is 1. The van der Waals surface area contributed by atoms with Gasteiger partial charge in [0.25, 0.3) is 11.8 Å². The molecule has 1 aliphatic heterocycles. The van der Waals surface area contributed by atoms with E-state index >= 15 is 4.39 Å². The van der Waals surface area contributed by atoms with Crippen LogP contribution in [0.3, 0.4) is 0 Å². The van der Waals surface area contributed by atoms with Gasteiger partial charge < -0.3 is 9.64 Å². The molecule has 0 atom stereocenters. The van der Waals surface area contributed by atoms with Gasteiger partial charge in [-0.05, 0) is 50.7 Å². The van der Waals surface area contributed by atoms with Crippen molar-refractivity contribution in [3.05, 3.63) is 63.5 Å². The lowest BCUT2D eigenvalue weighted by Gasteiger charge is -2.29. The third-order valence-corrected chi connectivity index (χ3v) is 6.58. The molecule has 1 saturated heterocycles. The smallest absolute Gasteiger partial charge is 0.300 e. The molecule has 0 radical (unpaired) electrons. The molecule has 0 aliphatic carbocycles. The van der Waals surface area contributed by atoms with Crippen LogP contribution in [0.15, 0.2) is 35.3 Å². The van der Waals surface area contributed by atoms with Crippen LogP contribution < -0.4 is 20.1 Å². The van der Waals surface area contributed by atoms with Crippen molar-refractivity contribution < 1.29 is 22.7 Å². The standard InChI is InChI=1S/C25H22F3N5O3S/c1-6-18-19(36-5)21(34)31-12-15(10-17(26)20(31)30-18)33-23(37)32(22(35)24(33,2)3)14-8-7-13(11-29)16(9-14)25(4,27)28/h7-10,12H,6H2,1-5H3. The van der Waals surface area contributed by atoms with Gasteiger partial charge in [-0.3, -0.25) is 18.9 Å². The number of methoxy groups -OCH3 is 1. The minimum Gasteiger partial charge on any atom is -0.490 e. The maximum atomic E-state index is 15.3. The molecule has 0 saturated carbocycles. The quantitative estimate of drug-likeness (QED) is 0.455. The number of aromatic nitrogens is 2. The first-order valence-electron chi connectivity index (χ1n) is 11.2. The van der Waals surface area contributed by atoms with E-state index < -0.39 is 34.3 Å². The number of anilines is 2. The molecule has 192 valence electrons. The Balaban J connectivity index is 1.90. The number of pyridine rings is 1. The Morgan fingerprint density at radius 1 is 1.22 bits per heavy atom. The zero-order chi connectivity index (χ0) is 27.4. The van der Waals surface area contributed by atoms with Crippen LogP contribution >= 0.6 is 12.2 Å². The van der Waals surface area contributed by atoms with Crippen LogP contribution in [0.4, 0.5) is 24.5 Å². The Bertz CT molecular complexity index is 1570. The van der Waals surface area contributed by atoms with Gasteiger partial charge in [0.05, 0.1) is 35.8 Å². The summed E-state index contributed by atoms with van der Waals surface area (Å²) in [4.78, 5) is 33.1. The van der Waals surface area contributed by atoms with Crippen LogP contribution in [0.5, 0.6) is 5.75 Å². The maximum absolute atomic E-state index is 15.3. The summed E-state index contributed by atoms with van der Waals surface area (Å²) in [7, 11) is 1.31. The molecule has 4 rings (SSSR count). The van der Waals surface area contributed by atoms with Crippen molar-refractivity contribution in [1.82, 2.24) is 9.38 Å². The lowest BCUT2D eigenvalue weighted by Crippen LogP contribution is -2.44. The van der Waals surface area contributed by atoms with Crippen LogP contribution in [0.1, 0.15) is 44.5 Å². The maximum Gasteiger partial charge on any atom is 0.300 e. The Morgan fingerprint density at radius 3 is 2.46 bits per heavy atom. The molecular weight excluding hydrogens is 507 g/mol. The highest BCUT2D eigenvalue weighted by molar-refractivity contribution is 7.81. The SMILES string of the molecule is CCc1nc2c(F)cc(N3C(=S)N(c4ccc(C#N)c(C(C)(F)F)c4)C(=O)C3(C)C)cn2c(=O)c1OC. The number of amides is 1. The summed E-state index contributed by atoms with van der Waals surface area (Å²) < 4.78 is 49.8. The van der Waals surface area contributed by atoms with Crippen molar-refractivity contribution in [2.75, 3.05) is 16.9 Å². The Kier molecular flexibility index (Phi) is 6.24. The predicted octanol–water partition coefficient (Wildman–Crippen LogP) is 4.30. The Hall–Kier alpha value is -3.98. The van der Waals surface area contributed by atoms with E-state index in [-0.39, 0.29) is 33.4 Å². The first kappa shape index (κ1) is 26.1. The monoisotopic (exact) mass is 529 g/mol. The fraction of sp³-hybridized carbons (Fsp3) is 0.320. The van der Waals surface area contributed by atoms with Crippen LogP contribution in [0, 0.1) is 17.1 Å². The first-order valence-corrected chi connectivity index (χ1v) is 11.6. The molecule has 3 heterocycles. The van der Waals surface area contributed by atoms with Crippen molar-refractivity contribution >= 4 is 40.3 Å². The van der Waals surface area contributed by atoms with Gasteiger partial charge in [0, 0.05) is 24.8 Å². The normalized spacial score (nSPS) is 15.4. The van der Waals surface area contributed by atoms with Crippen LogP contribution in [-0.2, 0) is 17.1 Å². The van der Waals surface area contributed by atoms with Gasteiger partial charge >= 0.3 is 5.56 Å². The fourth-order valence-electron chi connectivity index (χ4n) is 4.37. The topological polar surface area (TPSA) is 90.9 Å². The van der Waals surface area contributed by atoms with E-state index in [1.807, 2.05) is 0 Å². The van der Waals surface area contributed by atoms with Gasteiger partial charge in [0.15, 0.2) is 16.6 Å². The number of benzene rings is 1. The Morgan fingerprint density at radius 2 is 1.89 bits per heavy atom. The van der Waals surface area contributed by atoms with Crippen LogP contribution in [-0.4, -0.2) is 33.1 Å². The number of rotatable bonds is 5. The number of aryl methyl sites for hydroxylation is 1. The van der Waals surface area contributed by atoms with Crippen molar-refractivity contribution in [2.24, 2.45) is 0 Å². The first-order chi connectivity index (χ1) is 17.3. The largest absolute Gasteiger partial charge is 0.490 e. The number of halogens is 3. The van der Waals surface area contributed by atoms with E-state index in [1.54, 1.807) is 13.0 Å². The summed E-state index contributed by atoms with van der Waals surface area (Å²) in [6, 6.07) is 6.38. The third-order valence-electron chi connectivity index (χ3n) is 6.21. The second kappa shape index (κ2) is 8.85. The number of nitrogens with zero attached hydrogens (tertiary/aromatic N) is 5. The molecule has 1 amide bonds. The number of carbonyl (C=O) groups excluding carboxylic acids is 1. The van der Waals surface area contributed by atoms with Gasteiger partial charge in [-0.15, -0.1) is 0 Å². The van der Waals surface area contributed by atoms with E-state index in [0.717, 1.165) is 21.4 Å². The predicted molar refractivity (Wildman–Crippen MR) is 135 cm³/mol. The van der Waals surface area contributed by atoms with Gasteiger partial charge in [0.2, 0.25) is 5.75 Å². The molecule has 0 unspecified atom stereocenters. The number of thiocarbonyl (C=S) groups is 1. The number of hydrogen-bond acceptors (Lipinski definition) is 6. The number of hydrogen-bond donors (Lipinski definition) is 0. The summed E-state index contributed by atoms with van der Waals surface area (Å²) in [6.45, 7) is 5.46. The molecule has 0 N–H and O–H groups in total. The number of ether oxygens (including phenoxy) is 1. The number of fused-ring (bicyclic) bond motifs is 1. The summed E-state index contributed by atoms with van der Waals surface area (Å²) in [5, 5.41) is 9.12. The van der Waals surface area contributed by atoms with Gasteiger partial charge in [-0.2, -0.15) is 5.26 Å². The highest BCUT2D eigenvalue weighted by Crippen LogP contribution is 2.39. The molecule has 1 fully saturated rings. The molecule has 1 aromatic carbocycles. The van der Waals surface area contributed by atoms with E-state index in [4.69, 9.17) is 17.0 Å². The average Bonchev–Trinajstić information content (AvgIpc) is 3.01. The third kappa shape index (κ3) is 3.99. The van der Waals surface area contributed by atoms with E-state index in [9.17, 15) is 23.6 Å². The summed E-state index contributed by atoms with van der Waals surface area (Å²) >= 11 is 5.57. The van der Waals surface area contributed by atoms with Crippen molar-refractivity contribution in [1.29, 1.82) is 5.26 Å². The molecule has 0 spiro atoms. The molecule has 2 aromatic heterocycles. The zero-order valence-electron chi connectivity index (χ0n) is 20.6. The second-order valence-electron chi connectivity index (χ2n) is 9.04. The van der Waals surface area contributed by atoms with Crippen molar-refractivity contribution in [3.63, 3.8) is 0 Å². The second-order valence-corrected chi connectivity index (χ2v) is 9.40. The highest BCUT2D eigenvalue weighted by atomic mass is 32.1. The summed E-state index contributed by atoms with van der Waals surface area (Å²) in [5.41, 5.74) is -2.67. The molecule has 1 aliphatic rings. The zero-order valence-corrected chi connectivity index (χ0v) is 21.4. The lowest BCUT2D eigenvalue weighted by atomic mass is 10.0. The molecular formula is C25H22F3N5O3S. The highest BCUT2D eigenvalue weighted by Gasteiger charge is 2.51. The van der Waals surface area contributed by atoms with E-state index in [2.05, 4.69) is 4.98 Å². The van der Waals surface area contributed by atoms with E-state index in [0.29, 0.717) is 19.0 Å². The van der Waals surface area contributed by atoms with Crippen molar-refractivity contribution in [3.8, 4) is 11.8 Å². The number of alkyl halides is 2. The lowest BCUT2D eigenvalue weighted by molar-refractivity contribution is -0.120. The van der Waals surface area contributed by atoms with Gasteiger partial charge in [0.1, 0.15) is 5.54 Å². The fourth-order valence-corrected chi connectivity index (χ4v) is 4.89. The number of carbonyl (C=O) groups is 1. The molecule has 37 heavy (non-hydrogen) atoms. The molecule has 12 heteroatoms. The van der Waals surface area contributed by atoms with Crippen LogP contribution in [0.2, 0.25) is 0 Å². The Labute approximate surface area is 215 Å². The minimum absolute atomic E-state index is 0.0236. The molecule has 0 bridgehead atoms. The molecule has 3 aromatic rings.